The molecule has 0 radical (unpaired) electrons. The van der Waals surface area contributed by atoms with E-state index >= 15 is 0 Å². The van der Waals surface area contributed by atoms with E-state index in [0.29, 0.717) is 17.3 Å². The molecule has 0 spiro atoms. The van der Waals surface area contributed by atoms with E-state index < -0.39 is 6.10 Å². The molecule has 2 unspecified atom stereocenters. The van der Waals surface area contributed by atoms with E-state index in [9.17, 15) is 9.59 Å². The molecule has 0 aliphatic heterocycles. The van der Waals surface area contributed by atoms with Crippen molar-refractivity contribution in [3.05, 3.63) is 24.3 Å². The predicted molar refractivity (Wildman–Crippen MR) is 216 cm³/mol. The van der Waals surface area contributed by atoms with Gasteiger partial charge in [-0.1, -0.05) is 141 Å². The van der Waals surface area contributed by atoms with Crippen LogP contribution in [0.2, 0.25) is 0 Å². The highest BCUT2D eigenvalue weighted by atomic mass is 127. The van der Waals surface area contributed by atoms with Crippen LogP contribution in [0, 0.1) is 0 Å². The van der Waals surface area contributed by atoms with E-state index in [4.69, 9.17) is 9.47 Å². The number of hydrogen-bond donors (Lipinski definition) is 0. The molecule has 2 atom stereocenters. The minimum atomic E-state index is -0.445. The minimum absolute atomic E-state index is 0. The summed E-state index contributed by atoms with van der Waals surface area (Å²) in [5.74, 6) is -0.364. The molecule has 0 saturated carbocycles. The minimum Gasteiger partial charge on any atom is -1.00 e. The molecule has 0 fully saturated rings. The van der Waals surface area contributed by atoms with Crippen molar-refractivity contribution in [1.82, 2.24) is 0 Å². The lowest BCUT2D eigenvalue weighted by molar-refractivity contribution is -0.879. The molecule has 0 bridgehead atoms. The lowest BCUT2D eigenvalue weighted by atomic mass is 10.1. The molecule has 0 heterocycles. The third kappa shape index (κ3) is 35.6. The number of rotatable bonds is 35. The van der Waals surface area contributed by atoms with Crippen molar-refractivity contribution in [3.63, 3.8) is 0 Å². The van der Waals surface area contributed by atoms with Crippen LogP contribution in [-0.4, -0.2) is 54.3 Å². The van der Waals surface area contributed by atoms with Crippen molar-refractivity contribution in [1.29, 1.82) is 0 Å². The second-order valence-electron chi connectivity index (χ2n) is 14.9. The maximum atomic E-state index is 12.7. The van der Waals surface area contributed by atoms with Crippen molar-refractivity contribution in [2.45, 2.75) is 204 Å². The fourth-order valence-corrected chi connectivity index (χ4v) is 6.18. The first-order valence-corrected chi connectivity index (χ1v) is 21.6. The van der Waals surface area contributed by atoms with E-state index in [1.54, 1.807) is 0 Å². The summed E-state index contributed by atoms with van der Waals surface area (Å²) in [6.45, 7) is 4.66. The lowest BCUT2D eigenvalue weighted by Crippen LogP contribution is -3.00. The van der Waals surface area contributed by atoms with Gasteiger partial charge in [0.2, 0.25) is 0 Å². The number of nitrogens with zero attached hydrogens (tertiary/aromatic N) is 1. The monoisotopic (exact) mass is 823 g/mol. The summed E-state index contributed by atoms with van der Waals surface area (Å²) >= 11 is 2.33. The second kappa shape index (κ2) is 37.2. The lowest BCUT2D eigenvalue weighted by Gasteiger charge is -2.34. The van der Waals surface area contributed by atoms with E-state index in [-0.39, 0.29) is 35.0 Å². The topological polar surface area (TPSA) is 52.6 Å². The Bertz CT molecular complexity index is 798. The number of alkyl halides is 1. The first-order valence-electron chi connectivity index (χ1n) is 20.3. The van der Waals surface area contributed by atoms with Crippen LogP contribution < -0.4 is 12.4 Å². The molecule has 0 aromatic heterocycles. The van der Waals surface area contributed by atoms with Gasteiger partial charge in [-0.3, -0.25) is 9.59 Å². The average Bonchev–Trinajstić information content (AvgIpc) is 3.05. The highest BCUT2D eigenvalue weighted by Crippen LogP contribution is 2.21. The molecule has 0 aromatic carbocycles. The highest BCUT2D eigenvalue weighted by molar-refractivity contribution is 14.1. The molecular formula is C42H79ClINO4. The van der Waals surface area contributed by atoms with Gasteiger partial charge in [0.05, 0.1) is 21.1 Å². The van der Waals surface area contributed by atoms with Crippen molar-refractivity contribution < 1.29 is 36.0 Å². The molecule has 0 saturated heterocycles. The van der Waals surface area contributed by atoms with Crippen LogP contribution in [0.15, 0.2) is 24.3 Å². The number of ether oxygens (including phenoxy) is 2. The van der Waals surface area contributed by atoms with Crippen LogP contribution in [0.5, 0.6) is 0 Å². The number of likely N-dealkylation sites (N-methyl/N-ethyl adjacent to an activating group) is 1. The molecule has 0 N–H and O–H groups in total. The number of halogens is 2. The number of carbonyl (C=O) groups is 2. The average molecular weight is 824 g/mol. The molecule has 0 aromatic rings. The van der Waals surface area contributed by atoms with E-state index in [0.717, 1.165) is 44.9 Å². The Labute approximate surface area is 324 Å². The third-order valence-corrected chi connectivity index (χ3v) is 11.5. The Hall–Kier alpha value is -0.600. The molecule has 290 valence electrons. The van der Waals surface area contributed by atoms with E-state index in [2.05, 4.69) is 81.9 Å². The Morgan fingerprint density at radius 3 is 1.22 bits per heavy atom. The van der Waals surface area contributed by atoms with Crippen molar-refractivity contribution in [3.8, 4) is 0 Å². The summed E-state index contributed by atoms with van der Waals surface area (Å²) in [6.07, 6.45) is 41.9. The van der Waals surface area contributed by atoms with Crippen LogP contribution in [0.1, 0.15) is 194 Å². The molecule has 0 aliphatic carbocycles. The summed E-state index contributed by atoms with van der Waals surface area (Å²) in [6, 6.07) is 0. The van der Waals surface area contributed by atoms with Gasteiger partial charge in [0.25, 0.3) is 0 Å². The van der Waals surface area contributed by atoms with Gasteiger partial charge in [-0.2, -0.15) is 0 Å². The Balaban J connectivity index is 0. The van der Waals surface area contributed by atoms with Gasteiger partial charge in [0, 0.05) is 12.8 Å². The van der Waals surface area contributed by atoms with Crippen molar-refractivity contribution >= 4 is 34.5 Å². The van der Waals surface area contributed by atoms with Gasteiger partial charge < -0.3 is 26.4 Å². The number of carbonyl (C=O) groups excluding carboxylic acids is 2. The maximum absolute atomic E-state index is 12.7. The van der Waals surface area contributed by atoms with Crippen LogP contribution in [0.4, 0.5) is 0 Å². The van der Waals surface area contributed by atoms with Crippen molar-refractivity contribution in [2.24, 2.45) is 0 Å². The van der Waals surface area contributed by atoms with Gasteiger partial charge in [-0.25, -0.2) is 0 Å². The number of hydrogen-bond acceptors (Lipinski definition) is 4. The standard InChI is InChI=1S/C42H79INO4.ClH/c1-6-8-10-12-14-16-18-20-22-24-26-28-30-32-34-36-40(45)47-38-39(42(43)44(3,4)5)48-41(46)37-35-33-31-29-27-25-23-21-19-17-15-13-11-9-7-2;/h20-23,39,42H,6-19,24-38H2,1-5H3;1H/q+1;/p-1. The Morgan fingerprint density at radius 2 is 0.857 bits per heavy atom. The summed E-state index contributed by atoms with van der Waals surface area (Å²) in [5.41, 5.74) is 0. The van der Waals surface area contributed by atoms with Crippen LogP contribution >= 0.6 is 22.6 Å². The first kappa shape index (κ1) is 50.5. The van der Waals surface area contributed by atoms with Crippen LogP contribution in [-0.2, 0) is 19.1 Å². The quantitative estimate of drug-likeness (QED) is 0.0122. The summed E-state index contributed by atoms with van der Waals surface area (Å²) in [7, 11) is 6.24. The maximum Gasteiger partial charge on any atom is 0.306 e. The van der Waals surface area contributed by atoms with E-state index in [1.165, 1.54) is 122 Å². The third-order valence-electron chi connectivity index (χ3n) is 9.02. The molecular weight excluding hydrogens is 745 g/mol. The first-order chi connectivity index (χ1) is 23.2. The molecule has 0 aliphatic rings. The van der Waals surface area contributed by atoms with Crippen molar-refractivity contribution in [2.75, 3.05) is 27.7 Å². The van der Waals surface area contributed by atoms with Gasteiger partial charge in [-0.15, -0.1) is 0 Å². The summed E-state index contributed by atoms with van der Waals surface area (Å²) in [5, 5.41) is 0. The number of allylic oxidation sites excluding steroid dienone is 4. The largest absolute Gasteiger partial charge is 1.00 e. The Kier molecular flexibility index (Phi) is 38.3. The smallest absolute Gasteiger partial charge is 0.306 e. The molecule has 5 nitrogen and oxygen atoms in total. The van der Waals surface area contributed by atoms with Crippen LogP contribution in [0.3, 0.4) is 0 Å². The zero-order valence-electron chi connectivity index (χ0n) is 32.8. The predicted octanol–water partition coefficient (Wildman–Crippen LogP) is 9.99. The summed E-state index contributed by atoms with van der Waals surface area (Å²) < 4.78 is 12.1. The Morgan fingerprint density at radius 1 is 0.531 bits per heavy atom. The normalized spacial score (nSPS) is 13.1. The molecule has 49 heavy (non-hydrogen) atoms. The highest BCUT2D eigenvalue weighted by Gasteiger charge is 2.34. The zero-order valence-corrected chi connectivity index (χ0v) is 35.7. The number of esters is 2. The fraction of sp³-hybridized carbons (Fsp3) is 0.857. The number of unbranched alkanes of at least 4 members (excludes halogenated alkanes) is 22. The van der Waals surface area contributed by atoms with Crippen LogP contribution in [0.25, 0.3) is 0 Å². The van der Waals surface area contributed by atoms with Gasteiger partial charge >= 0.3 is 11.9 Å². The SMILES string of the molecule is CCCCCCCCC=CCCCCCCCC(=O)OCC(OC(=O)CCCCCCCC=CCCCCCCCC)C(I)[N+](C)(C)C.[Cl-]. The molecule has 7 heteroatoms. The molecule has 0 amide bonds. The number of quaternary nitrogens is 1. The van der Waals surface area contributed by atoms with Gasteiger partial charge in [-0.05, 0) is 86.8 Å². The zero-order chi connectivity index (χ0) is 35.6. The molecule has 0 rings (SSSR count). The fourth-order valence-electron chi connectivity index (χ4n) is 5.82. The van der Waals surface area contributed by atoms with Gasteiger partial charge in [0.1, 0.15) is 6.61 Å². The second-order valence-corrected chi connectivity index (χ2v) is 16.1. The summed E-state index contributed by atoms with van der Waals surface area (Å²) in [4.78, 5) is 25.2. The van der Waals surface area contributed by atoms with E-state index in [1.807, 2.05) is 0 Å². The van der Waals surface area contributed by atoms with Gasteiger partial charge in [0.15, 0.2) is 10.2 Å².